The molecule has 4 nitrogen and oxygen atoms in total. The topological polar surface area (TPSA) is 57.6 Å². The van der Waals surface area contributed by atoms with Crippen LogP contribution in [0.25, 0.3) is 0 Å². The van der Waals surface area contributed by atoms with Gasteiger partial charge in [0.15, 0.2) is 0 Å². The lowest BCUT2D eigenvalue weighted by molar-refractivity contribution is -0.140. The zero-order chi connectivity index (χ0) is 16.6. The number of rotatable bonds is 3. The molecule has 0 fully saturated rings. The van der Waals surface area contributed by atoms with E-state index in [-0.39, 0.29) is 12.5 Å². The van der Waals surface area contributed by atoms with Crippen molar-refractivity contribution in [1.82, 2.24) is 4.90 Å². The van der Waals surface area contributed by atoms with Crippen molar-refractivity contribution in [2.75, 3.05) is 0 Å². The molecular weight excluding hydrogens is 297 g/mol. The van der Waals surface area contributed by atoms with Crippen molar-refractivity contribution in [3.05, 3.63) is 71.0 Å². The standard InChI is InChI=1S/C18H16FNO3/c1-11-16(18(22)23)13-7-3-4-8-14(13)17(21)20(11)10-12-6-2-5-9-15(12)19/h2-9,11,16H,10H2,1H3,(H,22,23). The van der Waals surface area contributed by atoms with Crippen molar-refractivity contribution in [1.29, 1.82) is 0 Å². The highest BCUT2D eigenvalue weighted by Crippen LogP contribution is 2.34. The SMILES string of the molecule is CC1C(C(=O)O)c2ccccc2C(=O)N1Cc1ccccc1F. The van der Waals surface area contributed by atoms with Crippen LogP contribution in [0, 0.1) is 5.82 Å². The fourth-order valence-corrected chi connectivity index (χ4v) is 3.11. The van der Waals surface area contributed by atoms with Gasteiger partial charge in [0.1, 0.15) is 11.7 Å². The Bertz CT molecular complexity index is 774. The molecule has 0 spiro atoms. The average Bonchev–Trinajstić information content (AvgIpc) is 2.53. The van der Waals surface area contributed by atoms with Gasteiger partial charge in [0.05, 0.1) is 0 Å². The molecule has 1 aliphatic heterocycles. The molecule has 2 aromatic rings. The first-order valence-corrected chi connectivity index (χ1v) is 7.37. The predicted molar refractivity (Wildman–Crippen MR) is 82.6 cm³/mol. The third-order valence-electron chi connectivity index (χ3n) is 4.33. The second-order valence-corrected chi connectivity index (χ2v) is 5.67. The summed E-state index contributed by atoms with van der Waals surface area (Å²) in [6, 6.07) is 12.4. The van der Waals surface area contributed by atoms with Crippen LogP contribution in [0.1, 0.15) is 34.3 Å². The van der Waals surface area contributed by atoms with Gasteiger partial charge in [-0.2, -0.15) is 0 Å². The van der Waals surface area contributed by atoms with Crippen molar-refractivity contribution in [3.8, 4) is 0 Å². The molecule has 0 saturated carbocycles. The number of hydrogen-bond donors (Lipinski definition) is 1. The highest BCUT2D eigenvalue weighted by Gasteiger charge is 2.40. The quantitative estimate of drug-likeness (QED) is 0.947. The van der Waals surface area contributed by atoms with Gasteiger partial charge in [-0.15, -0.1) is 0 Å². The molecule has 118 valence electrons. The number of fused-ring (bicyclic) bond motifs is 1. The maximum Gasteiger partial charge on any atom is 0.313 e. The minimum atomic E-state index is -0.990. The van der Waals surface area contributed by atoms with Crippen LogP contribution in [0.4, 0.5) is 4.39 Å². The molecule has 1 heterocycles. The van der Waals surface area contributed by atoms with Gasteiger partial charge in [0.2, 0.25) is 0 Å². The minimum absolute atomic E-state index is 0.0464. The van der Waals surface area contributed by atoms with Gasteiger partial charge in [-0.3, -0.25) is 9.59 Å². The van der Waals surface area contributed by atoms with E-state index in [0.717, 1.165) is 0 Å². The van der Waals surface area contributed by atoms with E-state index in [1.165, 1.54) is 11.0 Å². The molecule has 2 unspecified atom stereocenters. The maximum atomic E-state index is 13.9. The van der Waals surface area contributed by atoms with Gasteiger partial charge in [-0.05, 0) is 24.6 Å². The molecule has 0 radical (unpaired) electrons. The molecular formula is C18H16FNO3. The number of carbonyl (C=O) groups is 2. The van der Waals surface area contributed by atoms with Crippen LogP contribution in [-0.2, 0) is 11.3 Å². The molecule has 5 heteroatoms. The zero-order valence-corrected chi connectivity index (χ0v) is 12.6. The van der Waals surface area contributed by atoms with Crippen LogP contribution in [0.2, 0.25) is 0 Å². The Hall–Kier alpha value is -2.69. The summed E-state index contributed by atoms with van der Waals surface area (Å²) in [6.45, 7) is 1.73. The van der Waals surface area contributed by atoms with Crippen LogP contribution in [0.15, 0.2) is 48.5 Å². The van der Waals surface area contributed by atoms with Gasteiger partial charge < -0.3 is 10.0 Å². The van der Waals surface area contributed by atoms with Crippen LogP contribution in [-0.4, -0.2) is 27.9 Å². The summed E-state index contributed by atoms with van der Waals surface area (Å²) in [4.78, 5) is 25.8. The number of hydrogen-bond acceptors (Lipinski definition) is 2. The summed E-state index contributed by atoms with van der Waals surface area (Å²) in [5, 5.41) is 9.57. The van der Waals surface area contributed by atoms with Gasteiger partial charge >= 0.3 is 5.97 Å². The summed E-state index contributed by atoms with van der Waals surface area (Å²) < 4.78 is 13.9. The Labute approximate surface area is 133 Å². The Morgan fingerprint density at radius 3 is 2.52 bits per heavy atom. The lowest BCUT2D eigenvalue weighted by atomic mass is 9.83. The number of carboxylic acids is 1. The molecule has 2 atom stereocenters. The number of halogens is 1. The molecule has 3 rings (SSSR count). The zero-order valence-electron chi connectivity index (χ0n) is 12.6. The van der Waals surface area contributed by atoms with E-state index in [1.54, 1.807) is 49.4 Å². The van der Waals surface area contributed by atoms with Crippen molar-refractivity contribution in [2.24, 2.45) is 0 Å². The second-order valence-electron chi connectivity index (χ2n) is 5.67. The Morgan fingerprint density at radius 1 is 1.17 bits per heavy atom. The van der Waals surface area contributed by atoms with Crippen molar-refractivity contribution >= 4 is 11.9 Å². The normalized spacial score (nSPS) is 20.3. The summed E-state index contributed by atoms with van der Waals surface area (Å²) in [5.74, 6) is -2.49. The molecule has 1 N–H and O–H groups in total. The lowest BCUT2D eigenvalue weighted by Gasteiger charge is -2.38. The molecule has 23 heavy (non-hydrogen) atoms. The lowest BCUT2D eigenvalue weighted by Crippen LogP contribution is -2.48. The van der Waals surface area contributed by atoms with E-state index in [9.17, 15) is 19.1 Å². The largest absolute Gasteiger partial charge is 0.481 e. The van der Waals surface area contributed by atoms with Gasteiger partial charge in [0.25, 0.3) is 5.91 Å². The highest BCUT2D eigenvalue weighted by molar-refractivity contribution is 6.00. The van der Waals surface area contributed by atoms with E-state index < -0.39 is 23.7 Å². The van der Waals surface area contributed by atoms with E-state index >= 15 is 0 Å². The number of amides is 1. The molecule has 2 aromatic carbocycles. The van der Waals surface area contributed by atoms with E-state index in [0.29, 0.717) is 16.7 Å². The molecule has 1 aliphatic rings. The van der Waals surface area contributed by atoms with Gasteiger partial charge in [-0.25, -0.2) is 4.39 Å². The predicted octanol–water partition coefficient (Wildman–Crippen LogP) is 3.04. The Balaban J connectivity index is 2.04. The van der Waals surface area contributed by atoms with Crippen LogP contribution in [0.5, 0.6) is 0 Å². The monoisotopic (exact) mass is 313 g/mol. The number of carbonyl (C=O) groups excluding carboxylic acids is 1. The number of aliphatic carboxylic acids is 1. The Kier molecular flexibility index (Phi) is 3.86. The molecule has 0 saturated heterocycles. The molecule has 0 aliphatic carbocycles. The minimum Gasteiger partial charge on any atom is -0.481 e. The number of benzene rings is 2. The van der Waals surface area contributed by atoms with E-state index in [1.807, 2.05) is 0 Å². The Morgan fingerprint density at radius 2 is 1.83 bits per heavy atom. The highest BCUT2D eigenvalue weighted by atomic mass is 19.1. The summed E-state index contributed by atoms with van der Waals surface area (Å²) >= 11 is 0. The van der Waals surface area contributed by atoms with Crippen LogP contribution in [0.3, 0.4) is 0 Å². The van der Waals surface area contributed by atoms with Crippen molar-refractivity contribution < 1.29 is 19.1 Å². The first-order chi connectivity index (χ1) is 11.0. The fraction of sp³-hybridized carbons (Fsp3) is 0.222. The van der Waals surface area contributed by atoms with Gasteiger partial charge in [-0.1, -0.05) is 36.4 Å². The van der Waals surface area contributed by atoms with Crippen molar-refractivity contribution in [2.45, 2.75) is 25.4 Å². The van der Waals surface area contributed by atoms with Crippen LogP contribution < -0.4 is 0 Å². The molecule has 0 bridgehead atoms. The van der Waals surface area contributed by atoms with E-state index in [4.69, 9.17) is 0 Å². The van der Waals surface area contributed by atoms with Crippen LogP contribution >= 0.6 is 0 Å². The molecule has 1 amide bonds. The maximum absolute atomic E-state index is 13.9. The fourth-order valence-electron chi connectivity index (χ4n) is 3.11. The summed E-state index contributed by atoms with van der Waals surface area (Å²) in [7, 11) is 0. The molecule has 0 aromatic heterocycles. The summed E-state index contributed by atoms with van der Waals surface area (Å²) in [5.41, 5.74) is 1.26. The average molecular weight is 313 g/mol. The van der Waals surface area contributed by atoms with Crippen molar-refractivity contribution in [3.63, 3.8) is 0 Å². The number of nitrogens with zero attached hydrogens (tertiary/aromatic N) is 1. The summed E-state index contributed by atoms with van der Waals surface area (Å²) in [6.07, 6.45) is 0. The first-order valence-electron chi connectivity index (χ1n) is 7.37. The smallest absolute Gasteiger partial charge is 0.313 e. The third-order valence-corrected chi connectivity index (χ3v) is 4.33. The second kappa shape index (κ2) is 5.83. The van der Waals surface area contributed by atoms with Gasteiger partial charge in [0, 0.05) is 23.7 Å². The van der Waals surface area contributed by atoms with E-state index in [2.05, 4.69) is 0 Å². The first kappa shape index (κ1) is 15.2. The number of carboxylic acid groups (broad SMARTS) is 1. The third kappa shape index (κ3) is 2.59.